The van der Waals surface area contributed by atoms with Crippen LogP contribution in [-0.2, 0) is 7.05 Å². The molecule has 0 spiro atoms. The van der Waals surface area contributed by atoms with Crippen LogP contribution in [0.2, 0.25) is 0 Å². The van der Waals surface area contributed by atoms with Crippen molar-refractivity contribution in [3.8, 4) is 23.0 Å². The summed E-state index contributed by atoms with van der Waals surface area (Å²) in [5, 5.41) is 13.0. The molecule has 0 bridgehead atoms. The quantitative estimate of drug-likeness (QED) is 0.331. The van der Waals surface area contributed by atoms with Gasteiger partial charge < -0.3 is 11.1 Å². The van der Waals surface area contributed by atoms with Gasteiger partial charge in [-0.25, -0.2) is 18.9 Å². The minimum atomic E-state index is -0.647. The first-order valence-corrected chi connectivity index (χ1v) is 12.8. The Labute approximate surface area is 225 Å². The van der Waals surface area contributed by atoms with Gasteiger partial charge in [0, 0.05) is 24.8 Å². The second-order valence-electron chi connectivity index (χ2n) is 8.77. The number of nitrogen functional groups attached to an aromatic ring is 1. The minimum Gasteiger partial charge on any atom is -0.382 e. The standard InChI is InChI=1S/C27H21N9O2S/c1-16(31-25(37)23-24(28)32-20-9-6-12-29-36(20)23)22-21(18-7-4-3-5-8-18)26(38)35-19(15-39-27(35)33-22)11-10-17-13-30-34(2)14-17/h3-9,12-16H,28H2,1-2H3,(H,31,37)/t16-/m1/s1. The van der Waals surface area contributed by atoms with Crippen molar-refractivity contribution in [2.45, 2.75) is 13.0 Å². The van der Waals surface area contributed by atoms with Gasteiger partial charge >= 0.3 is 0 Å². The van der Waals surface area contributed by atoms with Crippen LogP contribution < -0.4 is 16.6 Å². The molecule has 5 heterocycles. The molecule has 0 fully saturated rings. The van der Waals surface area contributed by atoms with Gasteiger partial charge in [-0.15, -0.1) is 11.3 Å². The molecule has 11 nitrogen and oxygen atoms in total. The van der Waals surface area contributed by atoms with E-state index in [2.05, 4.69) is 32.3 Å². The molecule has 1 atom stereocenters. The molecule has 1 aromatic carbocycles. The maximum absolute atomic E-state index is 14.0. The van der Waals surface area contributed by atoms with Crippen molar-refractivity contribution < 1.29 is 4.79 Å². The number of carbonyl (C=O) groups excluding carboxylic acids is 1. The zero-order chi connectivity index (χ0) is 27.1. The minimum absolute atomic E-state index is 0.0558. The zero-order valence-corrected chi connectivity index (χ0v) is 21.7. The van der Waals surface area contributed by atoms with E-state index in [4.69, 9.17) is 10.7 Å². The summed E-state index contributed by atoms with van der Waals surface area (Å²) < 4.78 is 4.55. The molecule has 0 unspecified atom stereocenters. The van der Waals surface area contributed by atoms with Gasteiger partial charge in [-0.1, -0.05) is 36.3 Å². The summed E-state index contributed by atoms with van der Waals surface area (Å²) in [6, 6.07) is 12.0. The Morgan fingerprint density at radius 1 is 1.10 bits per heavy atom. The molecule has 1 amide bonds. The van der Waals surface area contributed by atoms with Crippen LogP contribution in [0.4, 0.5) is 5.82 Å². The smallest absolute Gasteiger partial charge is 0.274 e. The van der Waals surface area contributed by atoms with E-state index in [1.165, 1.54) is 20.3 Å². The van der Waals surface area contributed by atoms with Crippen molar-refractivity contribution in [3.63, 3.8) is 0 Å². The SMILES string of the molecule is C[C@@H](NC(=O)c1c(N)nc2cccnn12)c1nc2scc(C#Cc3cnn(C)c3)n2c(=O)c1-c1ccccc1. The fourth-order valence-corrected chi connectivity index (χ4v) is 5.14. The second kappa shape index (κ2) is 9.55. The van der Waals surface area contributed by atoms with E-state index in [1.807, 2.05) is 37.4 Å². The highest BCUT2D eigenvalue weighted by Crippen LogP contribution is 2.27. The topological polar surface area (TPSA) is 138 Å². The molecule has 0 saturated heterocycles. The van der Waals surface area contributed by atoms with Crippen LogP contribution in [0.1, 0.15) is 40.4 Å². The van der Waals surface area contributed by atoms with Crippen molar-refractivity contribution in [2.24, 2.45) is 7.05 Å². The lowest BCUT2D eigenvalue weighted by Gasteiger charge is -2.17. The Hall–Kier alpha value is -5.28. The molecule has 0 aliphatic heterocycles. The number of carbonyl (C=O) groups is 1. The summed E-state index contributed by atoms with van der Waals surface area (Å²) >= 11 is 1.30. The number of fused-ring (bicyclic) bond motifs is 2. The van der Waals surface area contributed by atoms with E-state index in [1.54, 1.807) is 47.7 Å². The molecule has 192 valence electrons. The third kappa shape index (κ3) is 4.30. The predicted molar refractivity (Wildman–Crippen MR) is 147 cm³/mol. The number of benzene rings is 1. The largest absolute Gasteiger partial charge is 0.382 e. The highest BCUT2D eigenvalue weighted by Gasteiger charge is 2.25. The lowest BCUT2D eigenvalue weighted by atomic mass is 10.0. The maximum atomic E-state index is 14.0. The molecular formula is C27H21N9O2S. The van der Waals surface area contributed by atoms with Crippen molar-refractivity contribution in [1.82, 2.24) is 39.1 Å². The van der Waals surface area contributed by atoms with E-state index in [9.17, 15) is 9.59 Å². The van der Waals surface area contributed by atoms with Gasteiger partial charge in [-0.05, 0) is 30.5 Å². The molecule has 6 rings (SSSR count). The number of amides is 1. The molecule has 6 aromatic rings. The molecule has 0 saturated carbocycles. The first-order chi connectivity index (χ1) is 18.9. The number of aryl methyl sites for hydroxylation is 1. The van der Waals surface area contributed by atoms with Crippen LogP contribution >= 0.6 is 11.3 Å². The van der Waals surface area contributed by atoms with Gasteiger partial charge in [0.15, 0.2) is 22.1 Å². The van der Waals surface area contributed by atoms with Crippen molar-refractivity contribution >= 4 is 33.7 Å². The van der Waals surface area contributed by atoms with Gasteiger partial charge in [-0.3, -0.25) is 14.3 Å². The van der Waals surface area contributed by atoms with Crippen molar-refractivity contribution in [3.05, 3.63) is 99.4 Å². The zero-order valence-electron chi connectivity index (χ0n) is 20.9. The molecule has 12 heteroatoms. The first-order valence-electron chi connectivity index (χ1n) is 11.9. The van der Waals surface area contributed by atoms with Gasteiger partial charge in [0.2, 0.25) is 0 Å². The summed E-state index contributed by atoms with van der Waals surface area (Å²) in [7, 11) is 1.81. The lowest BCUT2D eigenvalue weighted by Crippen LogP contribution is -2.31. The molecule has 0 radical (unpaired) electrons. The normalized spacial score (nSPS) is 11.8. The van der Waals surface area contributed by atoms with Crippen molar-refractivity contribution in [2.75, 3.05) is 5.73 Å². The average molecular weight is 536 g/mol. The van der Waals surface area contributed by atoms with Gasteiger partial charge in [0.25, 0.3) is 11.5 Å². The second-order valence-corrected chi connectivity index (χ2v) is 9.61. The Kier molecular flexibility index (Phi) is 5.90. The Morgan fingerprint density at radius 3 is 2.69 bits per heavy atom. The summed E-state index contributed by atoms with van der Waals surface area (Å²) in [5.41, 5.74) is 9.04. The molecular weight excluding hydrogens is 514 g/mol. The van der Waals surface area contributed by atoms with Gasteiger partial charge in [0.05, 0.1) is 29.1 Å². The highest BCUT2D eigenvalue weighted by molar-refractivity contribution is 7.15. The lowest BCUT2D eigenvalue weighted by molar-refractivity contribution is 0.0933. The summed E-state index contributed by atoms with van der Waals surface area (Å²) in [4.78, 5) is 36.8. The number of anilines is 1. The summed E-state index contributed by atoms with van der Waals surface area (Å²) in [6.45, 7) is 1.77. The number of nitrogens with zero attached hydrogens (tertiary/aromatic N) is 7. The van der Waals surface area contributed by atoms with E-state index in [0.717, 1.165) is 5.56 Å². The predicted octanol–water partition coefficient (Wildman–Crippen LogP) is 2.67. The number of thiazole rings is 1. The third-order valence-electron chi connectivity index (χ3n) is 6.09. The number of aromatic nitrogens is 7. The van der Waals surface area contributed by atoms with Gasteiger partial charge in [-0.2, -0.15) is 10.2 Å². The number of rotatable bonds is 4. The molecule has 3 N–H and O–H groups in total. The third-order valence-corrected chi connectivity index (χ3v) is 6.92. The summed E-state index contributed by atoms with van der Waals surface area (Å²) in [5.74, 6) is 5.69. The fourth-order valence-electron chi connectivity index (χ4n) is 4.32. The number of imidazole rings is 1. The Bertz CT molecular complexity index is 1990. The van der Waals surface area contributed by atoms with Crippen LogP contribution in [0.5, 0.6) is 0 Å². The fraction of sp³-hybridized carbons (Fsp3) is 0.111. The number of hydrogen-bond donors (Lipinski definition) is 2. The Balaban J connectivity index is 1.45. The molecule has 0 aliphatic rings. The number of hydrogen-bond acceptors (Lipinski definition) is 8. The van der Waals surface area contributed by atoms with E-state index in [0.29, 0.717) is 33.1 Å². The Morgan fingerprint density at radius 2 is 1.92 bits per heavy atom. The summed E-state index contributed by atoms with van der Waals surface area (Å²) in [6.07, 6.45) is 5.00. The van der Waals surface area contributed by atoms with E-state index >= 15 is 0 Å². The molecule has 5 aromatic heterocycles. The molecule has 0 aliphatic carbocycles. The van der Waals surface area contributed by atoms with Crippen LogP contribution in [0.3, 0.4) is 0 Å². The van der Waals surface area contributed by atoms with E-state index < -0.39 is 11.9 Å². The number of nitrogens with one attached hydrogen (secondary N) is 1. The van der Waals surface area contributed by atoms with Crippen molar-refractivity contribution in [1.29, 1.82) is 0 Å². The van der Waals surface area contributed by atoms with Crippen LogP contribution in [-0.4, -0.2) is 39.7 Å². The van der Waals surface area contributed by atoms with E-state index in [-0.39, 0.29) is 17.1 Å². The monoisotopic (exact) mass is 535 g/mol. The van der Waals surface area contributed by atoms with Crippen LogP contribution in [0.25, 0.3) is 21.7 Å². The first kappa shape index (κ1) is 24.1. The van der Waals surface area contributed by atoms with Crippen LogP contribution in [0, 0.1) is 11.8 Å². The average Bonchev–Trinajstić information content (AvgIpc) is 3.63. The highest BCUT2D eigenvalue weighted by atomic mass is 32.1. The number of nitrogens with two attached hydrogens (primary N) is 1. The molecule has 39 heavy (non-hydrogen) atoms. The van der Waals surface area contributed by atoms with Gasteiger partial charge in [0.1, 0.15) is 5.69 Å². The maximum Gasteiger partial charge on any atom is 0.274 e. The van der Waals surface area contributed by atoms with Crippen LogP contribution in [0.15, 0.2) is 71.2 Å².